The number of aryl methyl sites for hydroxylation is 1. The summed E-state index contributed by atoms with van der Waals surface area (Å²) in [6.45, 7) is 9.01. The van der Waals surface area contributed by atoms with Gasteiger partial charge in [-0.2, -0.15) is 5.10 Å². The highest BCUT2D eigenvalue weighted by molar-refractivity contribution is 5.68. The second kappa shape index (κ2) is 5.87. The number of amides is 1. The summed E-state index contributed by atoms with van der Waals surface area (Å²) in [4.78, 5) is 13.8. The van der Waals surface area contributed by atoms with Gasteiger partial charge in [0.05, 0.1) is 5.69 Å². The topological polar surface area (TPSA) is 81.3 Å². The third-order valence-electron chi connectivity index (χ3n) is 3.57. The number of hydrogen-bond donors (Lipinski definition) is 1. The highest BCUT2D eigenvalue weighted by Gasteiger charge is 2.28. The Morgan fingerprint density at radius 1 is 1.33 bits per heavy atom. The lowest BCUT2D eigenvalue weighted by molar-refractivity contribution is 0.0204. The van der Waals surface area contributed by atoms with Gasteiger partial charge in [-0.3, -0.25) is 0 Å². The molecule has 6 heteroatoms. The van der Waals surface area contributed by atoms with E-state index in [2.05, 4.69) is 10.2 Å². The van der Waals surface area contributed by atoms with Gasteiger partial charge in [-0.15, -0.1) is 5.10 Å². The van der Waals surface area contributed by atoms with Crippen molar-refractivity contribution in [2.75, 3.05) is 18.8 Å². The molecule has 1 aromatic rings. The maximum atomic E-state index is 12.0. The molecular formula is C15H24N4O2. The summed E-state index contributed by atoms with van der Waals surface area (Å²) in [7, 11) is 0. The predicted octanol–water partition coefficient (Wildman–Crippen LogP) is 2.48. The molecule has 0 bridgehead atoms. The summed E-state index contributed by atoms with van der Waals surface area (Å²) >= 11 is 0. The molecule has 2 N–H and O–H groups in total. The number of hydrogen-bond acceptors (Lipinski definition) is 5. The lowest BCUT2D eigenvalue weighted by Crippen LogP contribution is -2.41. The maximum absolute atomic E-state index is 12.0. The third kappa shape index (κ3) is 4.06. The lowest BCUT2D eigenvalue weighted by atomic mass is 9.91. The summed E-state index contributed by atoms with van der Waals surface area (Å²) in [5, 5.41) is 8.16. The van der Waals surface area contributed by atoms with Crippen LogP contribution in [0.2, 0.25) is 0 Å². The molecule has 21 heavy (non-hydrogen) atoms. The molecule has 0 radical (unpaired) electrons. The third-order valence-corrected chi connectivity index (χ3v) is 3.57. The number of nitrogens with two attached hydrogens (primary N) is 1. The molecular weight excluding hydrogens is 268 g/mol. The van der Waals surface area contributed by atoms with E-state index in [4.69, 9.17) is 10.5 Å². The van der Waals surface area contributed by atoms with Gasteiger partial charge in [-0.1, -0.05) is 0 Å². The van der Waals surface area contributed by atoms with Crippen LogP contribution in [0.25, 0.3) is 0 Å². The number of piperidine rings is 1. The fraction of sp³-hybridized carbons (Fsp3) is 0.667. The number of nitrogens with zero attached hydrogens (tertiary/aromatic N) is 3. The lowest BCUT2D eigenvalue weighted by Gasteiger charge is -2.33. The van der Waals surface area contributed by atoms with Gasteiger partial charge < -0.3 is 15.4 Å². The van der Waals surface area contributed by atoms with Gasteiger partial charge in [-0.25, -0.2) is 4.79 Å². The van der Waals surface area contributed by atoms with Crippen molar-refractivity contribution < 1.29 is 9.53 Å². The number of anilines is 1. The average Bonchev–Trinajstić information content (AvgIpc) is 2.37. The molecule has 0 unspecified atom stereocenters. The standard InChI is InChI=1S/C15H24N4O2/c1-10-9-12(16)17-18-13(10)11-5-7-19(8-6-11)14(20)21-15(2,3)4/h9,11H,5-8H2,1-4H3,(H2,16,17). The first kappa shape index (κ1) is 15.5. The average molecular weight is 292 g/mol. The molecule has 1 amide bonds. The van der Waals surface area contributed by atoms with Crippen LogP contribution < -0.4 is 5.73 Å². The number of ether oxygens (including phenoxy) is 1. The summed E-state index contributed by atoms with van der Waals surface area (Å²) in [5.74, 6) is 0.777. The van der Waals surface area contributed by atoms with E-state index in [9.17, 15) is 4.79 Å². The Morgan fingerprint density at radius 3 is 2.48 bits per heavy atom. The molecule has 1 saturated heterocycles. The highest BCUT2D eigenvalue weighted by atomic mass is 16.6. The molecule has 0 aromatic carbocycles. The van der Waals surface area contributed by atoms with Crippen molar-refractivity contribution in [1.82, 2.24) is 15.1 Å². The van der Waals surface area contributed by atoms with E-state index in [1.54, 1.807) is 4.90 Å². The second-order valence-electron chi connectivity index (χ2n) is 6.58. The Morgan fingerprint density at radius 2 is 1.95 bits per heavy atom. The fourth-order valence-corrected chi connectivity index (χ4v) is 2.58. The summed E-state index contributed by atoms with van der Waals surface area (Å²) in [6, 6.07) is 1.85. The largest absolute Gasteiger partial charge is 0.444 e. The summed E-state index contributed by atoms with van der Waals surface area (Å²) < 4.78 is 5.40. The van der Waals surface area contributed by atoms with Crippen LogP contribution in [0.15, 0.2) is 6.07 Å². The molecule has 0 atom stereocenters. The van der Waals surface area contributed by atoms with Crippen molar-refractivity contribution in [1.29, 1.82) is 0 Å². The van der Waals surface area contributed by atoms with Crippen LogP contribution in [0.4, 0.5) is 10.6 Å². The van der Waals surface area contributed by atoms with E-state index < -0.39 is 5.60 Å². The van der Waals surface area contributed by atoms with Crippen LogP contribution in [0.1, 0.15) is 50.8 Å². The molecule has 0 saturated carbocycles. The first-order chi connectivity index (χ1) is 9.76. The first-order valence-electron chi connectivity index (χ1n) is 7.34. The summed E-state index contributed by atoms with van der Waals surface area (Å²) in [5.41, 5.74) is 7.24. The molecule has 1 fully saturated rings. The molecule has 116 valence electrons. The zero-order valence-corrected chi connectivity index (χ0v) is 13.2. The van der Waals surface area contributed by atoms with Crippen LogP contribution in [-0.2, 0) is 4.74 Å². The number of carbonyl (C=O) groups is 1. The van der Waals surface area contributed by atoms with Crippen LogP contribution >= 0.6 is 0 Å². The Balaban J connectivity index is 1.95. The molecule has 0 spiro atoms. The van der Waals surface area contributed by atoms with Gasteiger partial charge in [0.1, 0.15) is 11.4 Å². The Kier molecular flexibility index (Phi) is 4.34. The van der Waals surface area contributed by atoms with Crippen molar-refractivity contribution in [2.45, 2.75) is 52.1 Å². The summed E-state index contributed by atoms with van der Waals surface area (Å²) in [6.07, 6.45) is 1.51. The fourth-order valence-electron chi connectivity index (χ4n) is 2.58. The van der Waals surface area contributed by atoms with E-state index in [-0.39, 0.29) is 6.09 Å². The van der Waals surface area contributed by atoms with Crippen LogP contribution in [-0.4, -0.2) is 39.9 Å². The molecule has 1 aliphatic rings. The number of rotatable bonds is 1. The van der Waals surface area contributed by atoms with E-state index in [1.165, 1.54) is 0 Å². The maximum Gasteiger partial charge on any atom is 0.410 e. The molecule has 6 nitrogen and oxygen atoms in total. The minimum atomic E-state index is -0.451. The van der Waals surface area contributed by atoms with Gasteiger partial charge in [0.15, 0.2) is 0 Å². The van der Waals surface area contributed by atoms with Crippen LogP contribution in [0.3, 0.4) is 0 Å². The minimum Gasteiger partial charge on any atom is -0.444 e. The van der Waals surface area contributed by atoms with Crippen molar-refractivity contribution in [3.05, 3.63) is 17.3 Å². The van der Waals surface area contributed by atoms with E-state index >= 15 is 0 Å². The van der Waals surface area contributed by atoms with Crippen molar-refractivity contribution in [2.24, 2.45) is 0 Å². The van der Waals surface area contributed by atoms with E-state index in [0.717, 1.165) is 24.1 Å². The Bertz CT molecular complexity index is 517. The quantitative estimate of drug-likeness (QED) is 0.860. The molecule has 1 aliphatic heterocycles. The van der Waals surface area contributed by atoms with Crippen molar-refractivity contribution in [3.8, 4) is 0 Å². The molecule has 0 aliphatic carbocycles. The van der Waals surface area contributed by atoms with Crippen LogP contribution in [0, 0.1) is 6.92 Å². The Hall–Kier alpha value is -1.85. The van der Waals surface area contributed by atoms with Crippen molar-refractivity contribution >= 4 is 11.9 Å². The van der Waals surface area contributed by atoms with Gasteiger partial charge in [0.25, 0.3) is 0 Å². The van der Waals surface area contributed by atoms with Gasteiger partial charge in [-0.05, 0) is 52.2 Å². The number of carbonyl (C=O) groups excluding carboxylic acids is 1. The smallest absolute Gasteiger partial charge is 0.410 e. The second-order valence-corrected chi connectivity index (χ2v) is 6.58. The highest BCUT2D eigenvalue weighted by Crippen LogP contribution is 2.29. The molecule has 2 rings (SSSR count). The number of likely N-dealkylation sites (tertiary alicyclic amines) is 1. The van der Waals surface area contributed by atoms with E-state index in [1.807, 2.05) is 33.8 Å². The van der Waals surface area contributed by atoms with Gasteiger partial charge in [0, 0.05) is 19.0 Å². The SMILES string of the molecule is Cc1cc(N)nnc1C1CCN(C(=O)OC(C)(C)C)CC1. The zero-order valence-electron chi connectivity index (χ0n) is 13.2. The zero-order chi connectivity index (χ0) is 15.6. The van der Waals surface area contributed by atoms with Gasteiger partial charge in [0.2, 0.25) is 0 Å². The van der Waals surface area contributed by atoms with Gasteiger partial charge >= 0.3 is 6.09 Å². The number of aromatic nitrogens is 2. The minimum absolute atomic E-state index is 0.235. The predicted molar refractivity (Wildman–Crippen MR) is 81.0 cm³/mol. The molecule has 2 heterocycles. The number of nitrogen functional groups attached to an aromatic ring is 1. The Labute approximate surface area is 125 Å². The van der Waals surface area contributed by atoms with Crippen LogP contribution in [0.5, 0.6) is 0 Å². The monoisotopic (exact) mass is 292 g/mol. The normalized spacial score (nSPS) is 16.9. The van der Waals surface area contributed by atoms with Crippen molar-refractivity contribution in [3.63, 3.8) is 0 Å². The molecule has 1 aromatic heterocycles. The van der Waals surface area contributed by atoms with E-state index in [0.29, 0.717) is 24.8 Å². The first-order valence-corrected chi connectivity index (χ1v) is 7.34.